The van der Waals surface area contributed by atoms with E-state index in [0.717, 1.165) is 0 Å². The Morgan fingerprint density at radius 1 is 1.43 bits per heavy atom. The molecule has 0 spiro atoms. The molecule has 0 atom stereocenters. The first-order chi connectivity index (χ1) is 10.2. The van der Waals surface area contributed by atoms with E-state index >= 15 is 0 Å². The lowest BCUT2D eigenvalue weighted by atomic mass is 10.3. The van der Waals surface area contributed by atoms with Crippen LogP contribution in [0.1, 0.15) is 5.82 Å². The van der Waals surface area contributed by atoms with Crippen LogP contribution in [0.2, 0.25) is 0 Å². The molecule has 0 aliphatic rings. The predicted octanol–water partition coefficient (Wildman–Crippen LogP) is 1.82. The molecule has 1 aromatic carbocycles. The number of alkyl halides is 2. The normalized spacial score (nSPS) is 11.2. The van der Waals surface area contributed by atoms with Gasteiger partial charge in [0.1, 0.15) is 24.0 Å². The van der Waals surface area contributed by atoms with E-state index in [1.807, 2.05) is 6.07 Å². The van der Waals surface area contributed by atoms with Gasteiger partial charge in [0.25, 0.3) is 6.43 Å². The first-order valence-corrected chi connectivity index (χ1v) is 5.80. The Labute approximate surface area is 118 Å². The van der Waals surface area contributed by atoms with E-state index in [1.54, 1.807) is 24.3 Å². The molecule has 1 heterocycles. The number of hydrogen-bond acceptors (Lipinski definition) is 6. The van der Waals surface area contributed by atoms with Crippen molar-refractivity contribution < 1.29 is 13.5 Å². The van der Waals surface area contributed by atoms with Gasteiger partial charge in [0.15, 0.2) is 0 Å². The lowest BCUT2D eigenvalue weighted by Gasteiger charge is -2.06. The number of ether oxygens (including phenoxy) is 1. The quantitative estimate of drug-likeness (QED) is 0.788. The smallest absolute Gasteiger partial charge is 0.272 e. The standard InChI is InChI=1S/C12H10F2N6O/c13-11(14)7-21-10-3-1-9(2-4-10)16-6-8(5-15)12-17-19-20-18-12/h1-4,6,11,16H,7H2,(H,17,18,19,20). The summed E-state index contributed by atoms with van der Waals surface area (Å²) in [5, 5.41) is 24.8. The zero-order valence-corrected chi connectivity index (χ0v) is 10.6. The van der Waals surface area contributed by atoms with Crippen molar-refractivity contribution in [1.29, 1.82) is 5.26 Å². The Balaban J connectivity index is 1.99. The third-order valence-electron chi connectivity index (χ3n) is 2.32. The average Bonchev–Trinajstić information content (AvgIpc) is 3.01. The summed E-state index contributed by atoms with van der Waals surface area (Å²) in [7, 11) is 0. The van der Waals surface area contributed by atoms with E-state index in [1.165, 1.54) is 6.20 Å². The van der Waals surface area contributed by atoms with Gasteiger partial charge in [0, 0.05) is 11.9 Å². The molecular weight excluding hydrogens is 282 g/mol. The van der Waals surface area contributed by atoms with Crippen LogP contribution in [0.4, 0.5) is 14.5 Å². The molecule has 0 radical (unpaired) electrons. The molecule has 2 rings (SSSR count). The highest BCUT2D eigenvalue weighted by Crippen LogP contribution is 2.17. The molecule has 0 fully saturated rings. The number of nitriles is 1. The second-order valence-corrected chi connectivity index (χ2v) is 3.78. The Hall–Kier alpha value is -3.02. The highest BCUT2D eigenvalue weighted by molar-refractivity contribution is 5.74. The minimum atomic E-state index is -2.51. The van der Waals surface area contributed by atoms with Crippen molar-refractivity contribution in [3.8, 4) is 11.8 Å². The summed E-state index contributed by atoms with van der Waals surface area (Å²) in [4.78, 5) is 0. The van der Waals surface area contributed by atoms with Gasteiger partial charge in [-0.3, -0.25) is 0 Å². The van der Waals surface area contributed by atoms with E-state index < -0.39 is 13.0 Å². The van der Waals surface area contributed by atoms with Crippen LogP contribution in [0.25, 0.3) is 5.57 Å². The molecule has 2 N–H and O–H groups in total. The maximum atomic E-state index is 12.0. The number of nitrogens with zero attached hydrogens (tertiary/aromatic N) is 4. The first kappa shape index (κ1) is 14.4. The molecular formula is C12H10F2N6O. The first-order valence-electron chi connectivity index (χ1n) is 5.80. The zero-order valence-electron chi connectivity index (χ0n) is 10.6. The summed E-state index contributed by atoms with van der Waals surface area (Å²) in [6.07, 6.45) is -1.10. The monoisotopic (exact) mass is 292 g/mol. The van der Waals surface area contributed by atoms with Gasteiger partial charge < -0.3 is 10.1 Å². The summed E-state index contributed by atoms with van der Waals surface area (Å²) in [6.45, 7) is -0.650. The van der Waals surface area contributed by atoms with Crippen LogP contribution in [0, 0.1) is 11.3 Å². The van der Waals surface area contributed by atoms with Gasteiger partial charge in [-0.05, 0) is 29.5 Å². The molecule has 9 heteroatoms. The van der Waals surface area contributed by atoms with E-state index in [2.05, 4.69) is 25.9 Å². The summed E-state index contributed by atoms with van der Waals surface area (Å²) < 4.78 is 28.8. The summed E-state index contributed by atoms with van der Waals surface area (Å²) in [5.74, 6) is 0.505. The maximum absolute atomic E-state index is 12.0. The zero-order chi connectivity index (χ0) is 15.1. The topological polar surface area (TPSA) is 99.5 Å². The van der Waals surface area contributed by atoms with E-state index in [4.69, 9.17) is 10.00 Å². The van der Waals surface area contributed by atoms with E-state index in [0.29, 0.717) is 11.4 Å². The van der Waals surface area contributed by atoms with Gasteiger partial charge in [-0.25, -0.2) is 8.78 Å². The Bertz CT molecular complexity index is 633. The van der Waals surface area contributed by atoms with Crippen molar-refractivity contribution in [1.82, 2.24) is 20.6 Å². The van der Waals surface area contributed by atoms with Crippen LogP contribution < -0.4 is 10.1 Å². The van der Waals surface area contributed by atoms with E-state index in [9.17, 15) is 8.78 Å². The lowest BCUT2D eigenvalue weighted by Crippen LogP contribution is -2.06. The van der Waals surface area contributed by atoms with Crippen LogP contribution >= 0.6 is 0 Å². The lowest BCUT2D eigenvalue weighted by molar-refractivity contribution is 0.0819. The molecule has 0 aliphatic heterocycles. The SMILES string of the molecule is N#CC(=CNc1ccc(OCC(F)F)cc1)c1nn[nH]n1. The number of benzene rings is 1. The molecule has 0 aliphatic carbocycles. The number of rotatable bonds is 6. The van der Waals surface area contributed by atoms with Gasteiger partial charge >= 0.3 is 0 Å². The second-order valence-electron chi connectivity index (χ2n) is 3.78. The van der Waals surface area contributed by atoms with Gasteiger partial charge in [-0.15, -0.1) is 10.2 Å². The van der Waals surface area contributed by atoms with Gasteiger partial charge in [-0.2, -0.15) is 10.5 Å². The van der Waals surface area contributed by atoms with Crippen molar-refractivity contribution in [2.24, 2.45) is 0 Å². The van der Waals surface area contributed by atoms with Crippen molar-refractivity contribution in [2.75, 3.05) is 11.9 Å². The molecule has 0 amide bonds. The summed E-state index contributed by atoms with van der Waals surface area (Å²) in [5.41, 5.74) is 0.845. The molecule has 0 saturated carbocycles. The average molecular weight is 292 g/mol. The Morgan fingerprint density at radius 2 is 2.19 bits per heavy atom. The molecule has 21 heavy (non-hydrogen) atoms. The summed E-state index contributed by atoms with van der Waals surface area (Å²) in [6, 6.07) is 8.26. The highest BCUT2D eigenvalue weighted by atomic mass is 19.3. The predicted molar refractivity (Wildman–Crippen MR) is 69.3 cm³/mol. The number of halogens is 2. The van der Waals surface area contributed by atoms with Crippen LogP contribution in [0.15, 0.2) is 30.5 Å². The maximum Gasteiger partial charge on any atom is 0.272 e. The largest absolute Gasteiger partial charge is 0.488 e. The number of nitrogens with one attached hydrogen (secondary N) is 2. The fourth-order valence-corrected chi connectivity index (χ4v) is 1.38. The number of H-pyrrole nitrogens is 1. The Kier molecular flexibility index (Phi) is 4.76. The molecule has 108 valence electrons. The van der Waals surface area contributed by atoms with Crippen LogP contribution in [-0.4, -0.2) is 33.7 Å². The van der Waals surface area contributed by atoms with Gasteiger partial charge in [-0.1, -0.05) is 0 Å². The number of hydrogen-bond donors (Lipinski definition) is 2. The minimum Gasteiger partial charge on any atom is -0.488 e. The third kappa shape index (κ3) is 4.24. The molecule has 0 bridgehead atoms. The minimum absolute atomic E-state index is 0.168. The second kappa shape index (κ2) is 6.95. The molecule has 1 aromatic heterocycles. The van der Waals surface area contributed by atoms with Gasteiger partial charge in [0.05, 0.1) is 0 Å². The van der Waals surface area contributed by atoms with Crippen molar-refractivity contribution in [3.05, 3.63) is 36.3 Å². The number of allylic oxidation sites excluding steroid dienone is 1. The molecule has 7 nitrogen and oxygen atoms in total. The van der Waals surface area contributed by atoms with Crippen LogP contribution in [0.3, 0.4) is 0 Å². The number of aromatic amines is 1. The molecule has 0 unspecified atom stereocenters. The number of aromatic nitrogens is 4. The highest BCUT2D eigenvalue weighted by Gasteiger charge is 2.06. The Morgan fingerprint density at radius 3 is 2.76 bits per heavy atom. The van der Waals surface area contributed by atoms with Crippen LogP contribution in [0.5, 0.6) is 5.75 Å². The fraction of sp³-hybridized carbons (Fsp3) is 0.167. The van der Waals surface area contributed by atoms with Crippen molar-refractivity contribution in [2.45, 2.75) is 6.43 Å². The van der Waals surface area contributed by atoms with Crippen LogP contribution in [-0.2, 0) is 0 Å². The van der Waals surface area contributed by atoms with Gasteiger partial charge in [0.2, 0.25) is 5.82 Å². The summed E-state index contributed by atoms with van der Waals surface area (Å²) >= 11 is 0. The third-order valence-corrected chi connectivity index (χ3v) is 2.32. The van der Waals surface area contributed by atoms with Crippen molar-refractivity contribution in [3.63, 3.8) is 0 Å². The van der Waals surface area contributed by atoms with Crippen molar-refractivity contribution >= 4 is 11.3 Å². The number of anilines is 1. The molecule has 2 aromatic rings. The fourth-order valence-electron chi connectivity index (χ4n) is 1.38. The van der Waals surface area contributed by atoms with E-state index in [-0.39, 0.29) is 11.4 Å². The number of tetrazole rings is 1. The molecule has 0 saturated heterocycles.